The first kappa shape index (κ1) is 14.5. The zero-order chi connectivity index (χ0) is 11.9. The average Bonchev–Trinajstić information content (AvgIpc) is 2.61. The summed E-state index contributed by atoms with van der Waals surface area (Å²) < 4.78 is 0. The molecule has 0 spiro atoms. The molecule has 1 saturated carbocycles. The van der Waals surface area contributed by atoms with Crippen LogP contribution in [0.2, 0.25) is 0 Å². The van der Waals surface area contributed by atoms with E-state index in [2.05, 4.69) is 19.0 Å². The maximum Gasteiger partial charge on any atom is 0.143 e. The number of hydrogen-bond donors (Lipinski definition) is 0. The Kier molecular flexibility index (Phi) is 6.62. The van der Waals surface area contributed by atoms with Crippen LogP contribution in [0.15, 0.2) is 5.16 Å². The minimum absolute atomic E-state index is 0.0579. The van der Waals surface area contributed by atoms with E-state index in [4.69, 9.17) is 4.84 Å². The predicted octanol–water partition coefficient (Wildman–Crippen LogP) is 4.39. The van der Waals surface area contributed by atoms with Crippen LogP contribution in [-0.2, 0) is 4.84 Å². The highest BCUT2D eigenvalue weighted by molar-refractivity contribution is 5.86. The monoisotopic (exact) mass is 213 g/mol. The van der Waals surface area contributed by atoms with Gasteiger partial charge in [-0.3, -0.25) is 0 Å². The van der Waals surface area contributed by atoms with Gasteiger partial charge in [0.2, 0.25) is 0 Å². The van der Waals surface area contributed by atoms with Gasteiger partial charge in [0.15, 0.2) is 0 Å². The first-order valence-corrected chi connectivity index (χ1v) is 6.45. The molecular formula is C13H27NO. The molecule has 90 valence electrons. The summed E-state index contributed by atoms with van der Waals surface area (Å²) in [4.78, 5) is 5.44. The van der Waals surface area contributed by atoms with Crippen LogP contribution in [0.3, 0.4) is 0 Å². The molecule has 0 aromatic rings. The van der Waals surface area contributed by atoms with Gasteiger partial charge < -0.3 is 4.84 Å². The highest BCUT2D eigenvalue weighted by atomic mass is 16.7. The van der Waals surface area contributed by atoms with E-state index in [1.54, 1.807) is 0 Å². The SMILES string of the molecule is CC.CC.CC1=NOC2(C)CCCCC12. The van der Waals surface area contributed by atoms with Crippen LogP contribution in [0.5, 0.6) is 0 Å². The topological polar surface area (TPSA) is 21.6 Å². The molecule has 1 heterocycles. The van der Waals surface area contributed by atoms with E-state index in [1.807, 2.05) is 27.7 Å². The molecular weight excluding hydrogens is 186 g/mol. The Morgan fingerprint density at radius 1 is 1.20 bits per heavy atom. The highest BCUT2D eigenvalue weighted by Gasteiger charge is 2.44. The van der Waals surface area contributed by atoms with Crippen molar-refractivity contribution in [2.24, 2.45) is 11.1 Å². The van der Waals surface area contributed by atoms with Crippen molar-refractivity contribution in [3.05, 3.63) is 0 Å². The molecule has 1 fully saturated rings. The molecule has 0 saturated heterocycles. The van der Waals surface area contributed by atoms with Crippen molar-refractivity contribution in [1.29, 1.82) is 0 Å². The fourth-order valence-electron chi connectivity index (χ4n) is 2.30. The van der Waals surface area contributed by atoms with Gasteiger partial charge in [0.1, 0.15) is 5.60 Å². The Morgan fingerprint density at radius 3 is 2.33 bits per heavy atom. The second kappa shape index (κ2) is 6.86. The molecule has 2 unspecified atom stereocenters. The summed E-state index contributed by atoms with van der Waals surface area (Å²) in [7, 11) is 0. The summed E-state index contributed by atoms with van der Waals surface area (Å²) in [5, 5.41) is 4.07. The van der Waals surface area contributed by atoms with E-state index in [0.29, 0.717) is 5.92 Å². The van der Waals surface area contributed by atoms with E-state index in [9.17, 15) is 0 Å². The largest absolute Gasteiger partial charge is 0.389 e. The van der Waals surface area contributed by atoms with Crippen molar-refractivity contribution in [1.82, 2.24) is 0 Å². The van der Waals surface area contributed by atoms with Gasteiger partial charge in [-0.05, 0) is 33.1 Å². The van der Waals surface area contributed by atoms with Crippen LogP contribution in [0.25, 0.3) is 0 Å². The Hall–Kier alpha value is -0.530. The third-order valence-electron chi connectivity index (χ3n) is 3.06. The second-order valence-corrected chi connectivity index (χ2v) is 3.93. The van der Waals surface area contributed by atoms with Gasteiger partial charge in [-0.2, -0.15) is 0 Å². The third kappa shape index (κ3) is 3.22. The lowest BCUT2D eigenvalue weighted by Gasteiger charge is -2.33. The zero-order valence-corrected chi connectivity index (χ0v) is 11.3. The molecule has 2 aliphatic rings. The number of fused-ring (bicyclic) bond motifs is 1. The van der Waals surface area contributed by atoms with Gasteiger partial charge in [0, 0.05) is 5.92 Å². The Labute approximate surface area is 95.1 Å². The first-order valence-electron chi connectivity index (χ1n) is 6.45. The molecule has 1 aliphatic carbocycles. The van der Waals surface area contributed by atoms with Gasteiger partial charge in [-0.1, -0.05) is 39.3 Å². The second-order valence-electron chi connectivity index (χ2n) is 3.93. The van der Waals surface area contributed by atoms with Crippen LogP contribution in [-0.4, -0.2) is 11.3 Å². The highest BCUT2D eigenvalue weighted by Crippen LogP contribution is 2.41. The van der Waals surface area contributed by atoms with Gasteiger partial charge in [-0.25, -0.2) is 0 Å². The molecule has 2 heteroatoms. The van der Waals surface area contributed by atoms with Crippen LogP contribution < -0.4 is 0 Å². The van der Waals surface area contributed by atoms with Crippen molar-refractivity contribution in [2.75, 3.05) is 0 Å². The Bertz CT molecular complexity index is 201. The number of hydrogen-bond acceptors (Lipinski definition) is 2. The van der Waals surface area contributed by atoms with Crippen LogP contribution in [0.4, 0.5) is 0 Å². The molecule has 1 aliphatic heterocycles. The lowest BCUT2D eigenvalue weighted by Crippen LogP contribution is -2.37. The third-order valence-corrected chi connectivity index (χ3v) is 3.06. The smallest absolute Gasteiger partial charge is 0.143 e. The van der Waals surface area contributed by atoms with Crippen molar-refractivity contribution in [3.8, 4) is 0 Å². The molecule has 15 heavy (non-hydrogen) atoms. The molecule has 2 nitrogen and oxygen atoms in total. The summed E-state index contributed by atoms with van der Waals surface area (Å²) in [6.45, 7) is 12.3. The normalized spacial score (nSPS) is 32.1. The minimum Gasteiger partial charge on any atom is -0.389 e. The Morgan fingerprint density at radius 2 is 1.80 bits per heavy atom. The molecule has 2 rings (SSSR count). The van der Waals surface area contributed by atoms with E-state index in [-0.39, 0.29) is 5.60 Å². The molecule has 2 atom stereocenters. The first-order chi connectivity index (χ1) is 7.22. The lowest BCUT2D eigenvalue weighted by molar-refractivity contribution is -0.0505. The maximum absolute atomic E-state index is 5.44. The standard InChI is InChI=1S/C9H15NO.2C2H6/c1-7-8-5-3-4-6-9(8,2)11-10-7;2*1-2/h8H,3-6H2,1-2H3;2*1-2H3. The summed E-state index contributed by atoms with van der Waals surface area (Å²) in [6, 6.07) is 0. The molecule has 0 radical (unpaired) electrons. The summed E-state index contributed by atoms with van der Waals surface area (Å²) in [5.74, 6) is 0.608. The van der Waals surface area contributed by atoms with Crippen molar-refractivity contribution in [3.63, 3.8) is 0 Å². The minimum atomic E-state index is 0.0579. The summed E-state index contributed by atoms with van der Waals surface area (Å²) in [6.07, 6.45) is 5.09. The molecule has 0 aromatic carbocycles. The van der Waals surface area contributed by atoms with Crippen LogP contribution >= 0.6 is 0 Å². The maximum atomic E-state index is 5.44. The average molecular weight is 213 g/mol. The fourth-order valence-corrected chi connectivity index (χ4v) is 2.30. The zero-order valence-electron chi connectivity index (χ0n) is 11.3. The quantitative estimate of drug-likeness (QED) is 0.584. The fraction of sp³-hybridized carbons (Fsp3) is 0.923. The van der Waals surface area contributed by atoms with Crippen molar-refractivity contribution < 1.29 is 4.84 Å². The Balaban J connectivity index is 0.000000442. The lowest BCUT2D eigenvalue weighted by atomic mass is 9.75. The van der Waals surface area contributed by atoms with Crippen LogP contribution in [0, 0.1) is 5.92 Å². The van der Waals surface area contributed by atoms with Crippen molar-refractivity contribution in [2.45, 2.75) is 72.8 Å². The number of rotatable bonds is 0. The number of nitrogens with zero attached hydrogens (tertiary/aromatic N) is 1. The van der Waals surface area contributed by atoms with E-state index in [0.717, 1.165) is 0 Å². The van der Waals surface area contributed by atoms with E-state index in [1.165, 1.54) is 31.4 Å². The molecule has 0 bridgehead atoms. The van der Waals surface area contributed by atoms with Crippen molar-refractivity contribution >= 4 is 5.71 Å². The molecule has 0 aromatic heterocycles. The predicted molar refractivity (Wildman–Crippen MR) is 67.3 cm³/mol. The summed E-state index contributed by atoms with van der Waals surface area (Å²) >= 11 is 0. The van der Waals surface area contributed by atoms with E-state index >= 15 is 0 Å². The van der Waals surface area contributed by atoms with Crippen LogP contribution in [0.1, 0.15) is 67.2 Å². The van der Waals surface area contributed by atoms with Gasteiger partial charge in [0.25, 0.3) is 0 Å². The molecule has 0 amide bonds. The molecule has 0 N–H and O–H groups in total. The van der Waals surface area contributed by atoms with E-state index < -0.39 is 0 Å². The summed E-state index contributed by atoms with van der Waals surface area (Å²) in [5.41, 5.74) is 1.26. The van der Waals surface area contributed by atoms with Gasteiger partial charge in [-0.15, -0.1) is 0 Å². The van der Waals surface area contributed by atoms with Gasteiger partial charge >= 0.3 is 0 Å². The number of oxime groups is 1. The van der Waals surface area contributed by atoms with Gasteiger partial charge in [0.05, 0.1) is 5.71 Å².